The summed E-state index contributed by atoms with van der Waals surface area (Å²) in [5, 5.41) is 31.7. The van der Waals surface area contributed by atoms with E-state index in [9.17, 15) is 29.7 Å². The molecule has 0 spiro atoms. The molecule has 0 aromatic heterocycles. The van der Waals surface area contributed by atoms with Gasteiger partial charge in [0.2, 0.25) is 0 Å². The quantitative estimate of drug-likeness (QED) is 0.500. The second-order valence-electron chi connectivity index (χ2n) is 8.02. The lowest BCUT2D eigenvalue weighted by molar-refractivity contribution is -0.125. The Hall–Kier alpha value is -3.33. The van der Waals surface area contributed by atoms with Crippen LogP contribution < -0.4 is 0 Å². The number of ketones is 3. The van der Waals surface area contributed by atoms with Crippen molar-refractivity contribution in [2.75, 3.05) is 0 Å². The number of aromatic hydroxyl groups is 1. The number of hydrogen-bond acceptors (Lipinski definition) is 6. The van der Waals surface area contributed by atoms with E-state index in [4.69, 9.17) is 6.42 Å². The molecule has 1 aromatic carbocycles. The molecule has 6 heteroatoms. The van der Waals surface area contributed by atoms with Crippen LogP contribution in [0.15, 0.2) is 28.7 Å². The molecule has 0 fully saturated rings. The van der Waals surface area contributed by atoms with Crippen molar-refractivity contribution in [1.29, 1.82) is 0 Å². The van der Waals surface area contributed by atoms with Crippen LogP contribution in [0.25, 0.3) is 0 Å². The Kier molecular flexibility index (Phi) is 4.16. The molecule has 0 aliphatic heterocycles. The van der Waals surface area contributed by atoms with Crippen molar-refractivity contribution in [3.63, 3.8) is 0 Å². The summed E-state index contributed by atoms with van der Waals surface area (Å²) in [4.78, 5) is 37.9. The van der Waals surface area contributed by atoms with Crippen LogP contribution in [0.4, 0.5) is 0 Å². The highest BCUT2D eigenvalue weighted by molar-refractivity contribution is 6.22. The number of benzene rings is 1. The van der Waals surface area contributed by atoms with Gasteiger partial charge in [0.1, 0.15) is 17.3 Å². The third-order valence-corrected chi connectivity index (χ3v) is 6.39. The van der Waals surface area contributed by atoms with Gasteiger partial charge >= 0.3 is 0 Å². The van der Waals surface area contributed by atoms with E-state index in [-0.39, 0.29) is 46.3 Å². The van der Waals surface area contributed by atoms with Gasteiger partial charge in [0.15, 0.2) is 17.3 Å². The van der Waals surface area contributed by atoms with E-state index in [1.165, 1.54) is 6.92 Å². The van der Waals surface area contributed by atoms with Crippen molar-refractivity contribution < 1.29 is 29.7 Å². The number of hydrogen-bond donors (Lipinski definition) is 3. The lowest BCUT2D eigenvalue weighted by Gasteiger charge is -2.41. The van der Waals surface area contributed by atoms with Gasteiger partial charge in [0.05, 0.1) is 17.1 Å². The molecule has 0 heterocycles. The monoisotopic (exact) mass is 392 g/mol. The Bertz CT molecular complexity index is 1110. The van der Waals surface area contributed by atoms with Gasteiger partial charge in [-0.2, -0.15) is 0 Å². The number of Topliss-reactive ketones (excluding diaryl/α,β-unsaturated/α-hetero) is 3. The lowest BCUT2D eigenvalue weighted by Crippen LogP contribution is -2.42. The number of allylic oxidation sites excluding steroid dienone is 4. The maximum Gasteiger partial charge on any atom is 0.196 e. The minimum atomic E-state index is -1.03. The van der Waals surface area contributed by atoms with Crippen molar-refractivity contribution in [3.8, 4) is 18.1 Å². The zero-order valence-electron chi connectivity index (χ0n) is 16.1. The first-order valence-electron chi connectivity index (χ1n) is 9.44. The molecule has 0 amide bonds. The maximum atomic E-state index is 13.2. The zero-order valence-corrected chi connectivity index (χ0v) is 16.1. The predicted octanol–water partition coefficient (Wildman–Crippen LogP) is 2.86. The molecule has 0 saturated heterocycles. The van der Waals surface area contributed by atoms with Gasteiger partial charge in [-0.15, -0.1) is 6.42 Å². The number of carbonyl (C=O) groups excluding carboxylic acids is 3. The van der Waals surface area contributed by atoms with E-state index in [2.05, 4.69) is 5.92 Å². The number of fused-ring (bicyclic) bond motifs is 3. The van der Waals surface area contributed by atoms with Crippen LogP contribution in [0.2, 0.25) is 0 Å². The average molecular weight is 392 g/mol. The second kappa shape index (κ2) is 6.35. The number of terminal acetylenes is 1. The van der Waals surface area contributed by atoms with E-state index in [1.807, 2.05) is 0 Å². The standard InChI is InChI=1S/C23H20O6/c1-4-11-5-12-6-13-7-14-8-15(25)16(10(3)24)21(27)19(14)23(29)18(13)22(28)17(12)20(26)9(11)2/h1,5,13-14,19,25-26,29H,6-8H2,2-3H3. The molecule has 0 saturated carbocycles. The van der Waals surface area contributed by atoms with Gasteiger partial charge in [0.25, 0.3) is 0 Å². The highest BCUT2D eigenvalue weighted by Crippen LogP contribution is 2.49. The summed E-state index contributed by atoms with van der Waals surface area (Å²) in [5.74, 6) is -1.85. The number of aliphatic hydroxyl groups is 2. The molecule has 3 unspecified atom stereocenters. The van der Waals surface area contributed by atoms with Crippen LogP contribution in [-0.2, 0) is 16.0 Å². The summed E-state index contributed by atoms with van der Waals surface area (Å²) in [6.07, 6.45) is 6.37. The zero-order chi connectivity index (χ0) is 21.2. The first-order valence-corrected chi connectivity index (χ1v) is 9.44. The average Bonchev–Trinajstić information content (AvgIpc) is 2.63. The van der Waals surface area contributed by atoms with Crippen LogP contribution in [0, 0.1) is 37.0 Å². The first kappa shape index (κ1) is 19.0. The Morgan fingerprint density at radius 1 is 1.21 bits per heavy atom. The molecule has 4 rings (SSSR count). The summed E-state index contributed by atoms with van der Waals surface area (Å²) >= 11 is 0. The van der Waals surface area contributed by atoms with Gasteiger partial charge < -0.3 is 15.3 Å². The third kappa shape index (κ3) is 2.54. The topological polar surface area (TPSA) is 112 Å². The number of phenolic OH excluding ortho intramolecular Hbond substituents is 1. The Labute approximate surface area is 167 Å². The number of carbonyl (C=O) groups is 3. The maximum absolute atomic E-state index is 13.2. The van der Waals surface area contributed by atoms with E-state index >= 15 is 0 Å². The second-order valence-corrected chi connectivity index (χ2v) is 8.02. The summed E-state index contributed by atoms with van der Waals surface area (Å²) in [6.45, 7) is 2.80. The largest absolute Gasteiger partial charge is 0.511 e. The third-order valence-electron chi connectivity index (χ3n) is 6.39. The first-order chi connectivity index (χ1) is 13.7. The molecule has 0 bridgehead atoms. The SMILES string of the molecule is C#Cc1cc2c(c(O)c1C)C(=O)C1=C(O)C3C(=O)C(C(C)=O)=C(O)CC3CC1C2. The summed E-state index contributed by atoms with van der Waals surface area (Å²) in [5.41, 5.74) is 1.42. The molecule has 3 atom stereocenters. The molecule has 3 aliphatic rings. The van der Waals surface area contributed by atoms with Crippen LogP contribution in [0.1, 0.15) is 46.8 Å². The molecule has 6 nitrogen and oxygen atoms in total. The number of rotatable bonds is 1. The normalized spacial score (nSPS) is 25.9. The molecule has 29 heavy (non-hydrogen) atoms. The molecular formula is C23H20O6. The minimum Gasteiger partial charge on any atom is -0.511 e. The van der Waals surface area contributed by atoms with Crippen LogP contribution in [-0.4, -0.2) is 32.7 Å². The molecule has 3 aliphatic carbocycles. The van der Waals surface area contributed by atoms with Gasteiger partial charge in [-0.3, -0.25) is 14.4 Å². The molecule has 3 N–H and O–H groups in total. The smallest absolute Gasteiger partial charge is 0.196 e. The molecule has 148 valence electrons. The van der Waals surface area contributed by atoms with Gasteiger partial charge in [0, 0.05) is 23.1 Å². The number of phenols is 1. The minimum absolute atomic E-state index is 0.0922. The summed E-state index contributed by atoms with van der Waals surface area (Å²) < 4.78 is 0. The Morgan fingerprint density at radius 2 is 1.90 bits per heavy atom. The highest BCUT2D eigenvalue weighted by atomic mass is 16.3. The van der Waals surface area contributed by atoms with Gasteiger partial charge in [-0.05, 0) is 50.2 Å². The van der Waals surface area contributed by atoms with Crippen molar-refractivity contribution in [2.24, 2.45) is 17.8 Å². The fourth-order valence-electron chi connectivity index (χ4n) is 5.06. The van der Waals surface area contributed by atoms with E-state index in [0.717, 1.165) is 0 Å². The fraction of sp³-hybridized carbons (Fsp3) is 0.348. The van der Waals surface area contributed by atoms with Crippen molar-refractivity contribution >= 4 is 17.3 Å². The van der Waals surface area contributed by atoms with Gasteiger partial charge in [-0.25, -0.2) is 0 Å². The molecule has 0 radical (unpaired) electrons. The van der Waals surface area contributed by atoms with E-state index < -0.39 is 29.2 Å². The highest BCUT2D eigenvalue weighted by Gasteiger charge is 2.50. The van der Waals surface area contributed by atoms with E-state index in [1.54, 1.807) is 13.0 Å². The van der Waals surface area contributed by atoms with Crippen LogP contribution in [0.3, 0.4) is 0 Å². The predicted molar refractivity (Wildman–Crippen MR) is 104 cm³/mol. The summed E-state index contributed by atoms with van der Waals surface area (Å²) in [7, 11) is 0. The fourth-order valence-corrected chi connectivity index (χ4v) is 5.06. The van der Waals surface area contributed by atoms with Gasteiger partial charge in [-0.1, -0.05) is 5.92 Å². The van der Waals surface area contributed by atoms with Crippen molar-refractivity contribution in [3.05, 3.63) is 51.0 Å². The van der Waals surface area contributed by atoms with E-state index in [0.29, 0.717) is 29.5 Å². The molecule has 1 aromatic rings. The van der Waals surface area contributed by atoms with Crippen LogP contribution in [0.5, 0.6) is 5.75 Å². The Balaban J connectivity index is 1.87. The van der Waals surface area contributed by atoms with Crippen LogP contribution >= 0.6 is 0 Å². The Morgan fingerprint density at radius 3 is 2.52 bits per heavy atom. The molecular weight excluding hydrogens is 372 g/mol. The number of aliphatic hydroxyl groups excluding tert-OH is 2. The lowest BCUT2D eigenvalue weighted by atomic mass is 9.62. The van der Waals surface area contributed by atoms with Crippen molar-refractivity contribution in [1.82, 2.24) is 0 Å². The summed E-state index contributed by atoms with van der Waals surface area (Å²) in [6, 6.07) is 1.71. The van der Waals surface area contributed by atoms with Crippen molar-refractivity contribution in [2.45, 2.75) is 33.1 Å².